The number of piperidine rings is 1. The van der Waals surface area contributed by atoms with E-state index in [1.165, 1.54) is 4.90 Å². The highest BCUT2D eigenvalue weighted by Gasteiger charge is 2.47. The molecule has 0 aromatic carbocycles. The standard InChI is InChI=1S/C15H22N2O3/c1-9(2)15(20)16-10-3-4-11(16)8-12(7-10)17-13(18)5-6-14(17)19/h9-12H,3-8H2,1-2H3. The predicted molar refractivity (Wildman–Crippen MR) is 72.6 cm³/mol. The average molecular weight is 278 g/mol. The first-order chi connectivity index (χ1) is 9.49. The number of nitrogens with zero attached hydrogens (tertiary/aromatic N) is 2. The van der Waals surface area contributed by atoms with Crippen LogP contribution in [0.2, 0.25) is 0 Å². The van der Waals surface area contributed by atoms with Gasteiger partial charge in [0.05, 0.1) is 0 Å². The van der Waals surface area contributed by atoms with E-state index in [-0.39, 0.29) is 41.8 Å². The van der Waals surface area contributed by atoms with Crippen LogP contribution in [0.25, 0.3) is 0 Å². The Bertz CT molecular complexity index is 430. The van der Waals surface area contributed by atoms with Gasteiger partial charge in [0.1, 0.15) is 0 Å². The molecule has 3 rings (SSSR count). The van der Waals surface area contributed by atoms with Crippen LogP contribution in [0.15, 0.2) is 0 Å². The average Bonchev–Trinajstić information content (AvgIpc) is 2.86. The van der Waals surface area contributed by atoms with Crippen molar-refractivity contribution in [3.8, 4) is 0 Å². The van der Waals surface area contributed by atoms with Crippen LogP contribution in [-0.2, 0) is 14.4 Å². The third-order valence-electron chi connectivity index (χ3n) is 4.91. The number of amides is 3. The molecule has 0 aliphatic carbocycles. The van der Waals surface area contributed by atoms with Gasteiger partial charge in [0, 0.05) is 36.9 Å². The van der Waals surface area contributed by atoms with Gasteiger partial charge >= 0.3 is 0 Å². The summed E-state index contributed by atoms with van der Waals surface area (Å²) in [7, 11) is 0. The molecule has 0 saturated carbocycles. The lowest BCUT2D eigenvalue weighted by atomic mass is 9.94. The first kappa shape index (κ1) is 13.6. The predicted octanol–water partition coefficient (Wildman–Crippen LogP) is 1.31. The Kier molecular flexibility index (Phi) is 3.30. The van der Waals surface area contributed by atoms with Crippen molar-refractivity contribution in [3.05, 3.63) is 0 Å². The highest BCUT2D eigenvalue weighted by atomic mass is 16.2. The van der Waals surface area contributed by atoms with E-state index in [0.29, 0.717) is 12.8 Å². The number of carbonyl (C=O) groups is 3. The molecule has 5 nitrogen and oxygen atoms in total. The molecule has 2 bridgehead atoms. The molecule has 2 atom stereocenters. The quantitative estimate of drug-likeness (QED) is 0.716. The zero-order valence-corrected chi connectivity index (χ0v) is 12.2. The van der Waals surface area contributed by atoms with Gasteiger partial charge in [-0.1, -0.05) is 13.8 Å². The fourth-order valence-electron chi connectivity index (χ4n) is 4.02. The summed E-state index contributed by atoms with van der Waals surface area (Å²) in [5.41, 5.74) is 0. The molecular formula is C15H22N2O3. The van der Waals surface area contributed by atoms with Gasteiger partial charge < -0.3 is 4.90 Å². The van der Waals surface area contributed by atoms with E-state index in [0.717, 1.165) is 25.7 Å². The zero-order valence-electron chi connectivity index (χ0n) is 12.2. The number of hydrogen-bond donors (Lipinski definition) is 0. The number of likely N-dealkylation sites (tertiary alicyclic amines) is 1. The Balaban J connectivity index is 1.75. The number of hydrogen-bond acceptors (Lipinski definition) is 3. The Morgan fingerprint density at radius 3 is 1.95 bits per heavy atom. The van der Waals surface area contributed by atoms with E-state index in [1.54, 1.807) is 0 Å². The third kappa shape index (κ3) is 2.03. The lowest BCUT2D eigenvalue weighted by Gasteiger charge is -2.42. The Morgan fingerprint density at radius 2 is 1.50 bits per heavy atom. The topological polar surface area (TPSA) is 57.7 Å². The minimum atomic E-state index is -0.0250. The van der Waals surface area contributed by atoms with Crippen molar-refractivity contribution in [1.82, 2.24) is 9.80 Å². The molecule has 0 radical (unpaired) electrons. The summed E-state index contributed by atoms with van der Waals surface area (Å²) in [6.07, 6.45) is 4.28. The van der Waals surface area contributed by atoms with Crippen LogP contribution < -0.4 is 0 Å². The van der Waals surface area contributed by atoms with Gasteiger partial charge in [0.15, 0.2) is 0 Å². The van der Waals surface area contributed by atoms with Gasteiger partial charge in [-0.25, -0.2) is 0 Å². The monoisotopic (exact) mass is 278 g/mol. The number of imide groups is 1. The van der Waals surface area contributed by atoms with Crippen molar-refractivity contribution >= 4 is 17.7 Å². The highest BCUT2D eigenvalue weighted by molar-refractivity contribution is 6.02. The Morgan fingerprint density at radius 1 is 1.00 bits per heavy atom. The van der Waals surface area contributed by atoms with Crippen LogP contribution >= 0.6 is 0 Å². The summed E-state index contributed by atoms with van der Waals surface area (Å²) in [6.45, 7) is 3.86. The molecule has 3 fully saturated rings. The summed E-state index contributed by atoms with van der Waals surface area (Å²) in [4.78, 5) is 39.5. The summed E-state index contributed by atoms with van der Waals surface area (Å²) in [5, 5.41) is 0. The minimum Gasteiger partial charge on any atom is -0.336 e. The van der Waals surface area contributed by atoms with Crippen LogP contribution in [0, 0.1) is 5.92 Å². The Hall–Kier alpha value is -1.39. The Labute approximate surface area is 119 Å². The lowest BCUT2D eigenvalue weighted by Crippen LogP contribution is -2.54. The second-order valence-corrected chi connectivity index (χ2v) is 6.57. The first-order valence-corrected chi connectivity index (χ1v) is 7.66. The molecule has 2 unspecified atom stereocenters. The molecule has 3 heterocycles. The van der Waals surface area contributed by atoms with Crippen LogP contribution in [0.4, 0.5) is 0 Å². The molecule has 20 heavy (non-hydrogen) atoms. The van der Waals surface area contributed by atoms with Gasteiger partial charge in [-0.05, 0) is 25.7 Å². The summed E-state index contributed by atoms with van der Waals surface area (Å²) >= 11 is 0. The molecule has 3 aliphatic heterocycles. The fourth-order valence-corrected chi connectivity index (χ4v) is 4.02. The van der Waals surface area contributed by atoms with E-state index in [9.17, 15) is 14.4 Å². The second kappa shape index (κ2) is 4.86. The van der Waals surface area contributed by atoms with E-state index in [4.69, 9.17) is 0 Å². The first-order valence-electron chi connectivity index (χ1n) is 7.66. The number of fused-ring (bicyclic) bond motifs is 2. The molecule has 5 heteroatoms. The summed E-state index contributed by atoms with van der Waals surface area (Å²) < 4.78 is 0. The van der Waals surface area contributed by atoms with Crippen LogP contribution in [0.5, 0.6) is 0 Å². The van der Waals surface area contributed by atoms with Crippen molar-refractivity contribution in [2.24, 2.45) is 5.92 Å². The molecule has 0 aromatic rings. The molecule has 3 amide bonds. The van der Waals surface area contributed by atoms with E-state index >= 15 is 0 Å². The molecule has 0 spiro atoms. The van der Waals surface area contributed by atoms with Crippen LogP contribution in [0.3, 0.4) is 0 Å². The normalized spacial score (nSPS) is 33.5. The zero-order chi connectivity index (χ0) is 14.4. The number of carbonyl (C=O) groups excluding carboxylic acids is 3. The van der Waals surface area contributed by atoms with Crippen LogP contribution in [0.1, 0.15) is 52.4 Å². The summed E-state index contributed by atoms with van der Waals surface area (Å²) in [6, 6.07) is 0.455. The van der Waals surface area contributed by atoms with Gasteiger partial charge in [0.2, 0.25) is 17.7 Å². The van der Waals surface area contributed by atoms with Crippen molar-refractivity contribution in [2.75, 3.05) is 0 Å². The van der Waals surface area contributed by atoms with E-state index in [1.807, 2.05) is 18.7 Å². The van der Waals surface area contributed by atoms with Crippen molar-refractivity contribution in [2.45, 2.75) is 70.5 Å². The van der Waals surface area contributed by atoms with E-state index < -0.39 is 0 Å². The molecule has 0 N–H and O–H groups in total. The SMILES string of the molecule is CC(C)C(=O)N1C2CCC1CC(N1C(=O)CCC1=O)C2. The maximum Gasteiger partial charge on any atom is 0.229 e. The van der Waals surface area contributed by atoms with Gasteiger partial charge in [-0.15, -0.1) is 0 Å². The second-order valence-electron chi connectivity index (χ2n) is 6.57. The largest absolute Gasteiger partial charge is 0.336 e. The van der Waals surface area contributed by atoms with Gasteiger partial charge in [0.25, 0.3) is 0 Å². The smallest absolute Gasteiger partial charge is 0.229 e. The van der Waals surface area contributed by atoms with Crippen molar-refractivity contribution in [1.29, 1.82) is 0 Å². The highest BCUT2D eigenvalue weighted by Crippen LogP contribution is 2.39. The van der Waals surface area contributed by atoms with Crippen molar-refractivity contribution in [3.63, 3.8) is 0 Å². The van der Waals surface area contributed by atoms with Gasteiger partial charge in [-0.3, -0.25) is 19.3 Å². The van der Waals surface area contributed by atoms with E-state index in [2.05, 4.69) is 0 Å². The van der Waals surface area contributed by atoms with Gasteiger partial charge in [-0.2, -0.15) is 0 Å². The van der Waals surface area contributed by atoms with Crippen LogP contribution in [-0.4, -0.2) is 45.6 Å². The molecule has 0 aromatic heterocycles. The number of rotatable bonds is 2. The molecular weight excluding hydrogens is 256 g/mol. The third-order valence-corrected chi connectivity index (χ3v) is 4.91. The van der Waals surface area contributed by atoms with Crippen molar-refractivity contribution < 1.29 is 14.4 Å². The lowest BCUT2D eigenvalue weighted by molar-refractivity contribution is -0.145. The fraction of sp³-hybridized carbons (Fsp3) is 0.800. The molecule has 110 valence electrons. The maximum absolute atomic E-state index is 12.3. The minimum absolute atomic E-state index is 0.0182. The maximum atomic E-state index is 12.3. The molecule has 3 aliphatic rings. The molecule has 3 saturated heterocycles. The summed E-state index contributed by atoms with van der Waals surface area (Å²) in [5.74, 6) is 0.186.